The van der Waals surface area contributed by atoms with E-state index in [2.05, 4.69) is 39.1 Å². The maximum atomic E-state index is 5.93. The highest BCUT2D eigenvalue weighted by atomic mass is 32.2. The third-order valence-corrected chi connectivity index (χ3v) is 6.88. The summed E-state index contributed by atoms with van der Waals surface area (Å²) in [6.45, 7) is 5.89. The molecule has 174 valence electrons. The highest BCUT2D eigenvalue weighted by Crippen LogP contribution is 2.39. The summed E-state index contributed by atoms with van der Waals surface area (Å²) < 4.78 is 18.4. The number of piperazine rings is 1. The van der Waals surface area contributed by atoms with E-state index in [1.807, 2.05) is 0 Å². The van der Waals surface area contributed by atoms with E-state index < -0.39 is 0 Å². The van der Waals surface area contributed by atoms with Crippen LogP contribution >= 0.6 is 12.2 Å². The van der Waals surface area contributed by atoms with Crippen LogP contribution in [-0.2, 0) is 9.22 Å². The van der Waals surface area contributed by atoms with Crippen molar-refractivity contribution in [1.82, 2.24) is 24.4 Å². The van der Waals surface area contributed by atoms with Crippen LogP contribution in [0.5, 0.6) is 5.88 Å². The van der Waals surface area contributed by atoms with Gasteiger partial charge in [0.1, 0.15) is 18.0 Å². The molecule has 0 radical (unpaired) electrons. The van der Waals surface area contributed by atoms with E-state index in [1.54, 1.807) is 12.4 Å². The van der Waals surface area contributed by atoms with Crippen molar-refractivity contribution >= 4 is 24.1 Å². The quantitative estimate of drug-likeness (QED) is 0.236. The van der Waals surface area contributed by atoms with Crippen molar-refractivity contribution in [1.29, 1.82) is 0 Å². The lowest BCUT2D eigenvalue weighted by Gasteiger charge is -2.33. The molecule has 1 saturated carbocycles. The van der Waals surface area contributed by atoms with Gasteiger partial charge in [0.15, 0.2) is 5.82 Å². The zero-order chi connectivity index (χ0) is 21.8. The number of aromatic nitrogens is 4. The Kier molecular flexibility index (Phi) is 6.91. The molecule has 0 unspecified atom stereocenters. The molecule has 11 nitrogen and oxygen atoms in total. The number of piperidine rings is 1. The van der Waals surface area contributed by atoms with E-state index in [0.29, 0.717) is 30.3 Å². The number of rotatable bonds is 9. The van der Waals surface area contributed by atoms with Crippen LogP contribution in [0.3, 0.4) is 0 Å². The molecule has 2 saturated heterocycles. The van der Waals surface area contributed by atoms with Crippen molar-refractivity contribution in [2.24, 2.45) is 5.92 Å². The molecule has 4 heterocycles. The summed E-state index contributed by atoms with van der Waals surface area (Å²) in [6.07, 6.45) is 7.94. The first kappa shape index (κ1) is 21.7. The molecule has 32 heavy (non-hydrogen) atoms. The topological polar surface area (TPSA) is 102 Å². The zero-order valence-corrected chi connectivity index (χ0v) is 19.1. The normalized spacial score (nSPS) is 20.7. The maximum absolute atomic E-state index is 5.93. The summed E-state index contributed by atoms with van der Waals surface area (Å²) in [6, 6.07) is 0.665. The Morgan fingerprint density at radius 2 is 1.81 bits per heavy atom. The van der Waals surface area contributed by atoms with Gasteiger partial charge in [-0.1, -0.05) is 5.16 Å². The molecule has 0 N–H and O–H groups in total. The smallest absolute Gasteiger partial charge is 0.324 e. The average Bonchev–Trinajstić information content (AvgIpc) is 3.59. The number of nitrogens with zero attached hydrogens (tertiary/aromatic N) is 7. The van der Waals surface area contributed by atoms with E-state index in [1.165, 1.54) is 32.2 Å². The molecule has 2 aliphatic heterocycles. The van der Waals surface area contributed by atoms with E-state index in [0.717, 1.165) is 63.8 Å². The van der Waals surface area contributed by atoms with Crippen LogP contribution in [0.1, 0.15) is 37.4 Å². The fourth-order valence-corrected chi connectivity index (χ4v) is 4.43. The first-order valence-corrected chi connectivity index (χ1v) is 11.9. The molecule has 1 aliphatic carbocycles. The molecule has 0 amide bonds. The summed E-state index contributed by atoms with van der Waals surface area (Å²) in [5.74, 6) is 3.31. The third kappa shape index (κ3) is 5.42. The van der Waals surface area contributed by atoms with Crippen molar-refractivity contribution in [3.05, 3.63) is 18.2 Å². The Labute approximate surface area is 191 Å². The van der Waals surface area contributed by atoms with Gasteiger partial charge in [-0.05, 0) is 31.6 Å². The molecule has 0 atom stereocenters. The first-order valence-electron chi connectivity index (χ1n) is 11.2. The molecule has 0 aromatic carbocycles. The van der Waals surface area contributed by atoms with Gasteiger partial charge in [0.2, 0.25) is 5.88 Å². The van der Waals surface area contributed by atoms with Crippen LogP contribution < -0.4 is 14.5 Å². The van der Waals surface area contributed by atoms with Gasteiger partial charge >= 0.3 is 6.01 Å². The lowest BCUT2D eigenvalue weighted by atomic mass is 9.98. The van der Waals surface area contributed by atoms with Gasteiger partial charge in [0.05, 0.1) is 26.1 Å². The van der Waals surface area contributed by atoms with E-state index >= 15 is 0 Å². The van der Waals surface area contributed by atoms with Crippen molar-refractivity contribution in [2.75, 3.05) is 62.8 Å². The zero-order valence-electron chi connectivity index (χ0n) is 18.3. The summed E-state index contributed by atoms with van der Waals surface area (Å²) in [5, 5.41) is 4.12. The molecule has 0 spiro atoms. The standard InChI is InChI=1S/C20H29N7O4S/c1-28-31-32-27-10-8-25(9-11-27)17-12-22-18(13-21-17)29-14-15-4-6-26(7-5-15)20-23-19(24-30-20)16-2-3-16/h12-13,15-16H,2-11,14H2,1H3. The minimum absolute atomic E-state index is 0.485. The Balaban J connectivity index is 1.03. The van der Waals surface area contributed by atoms with Crippen LogP contribution in [0.4, 0.5) is 11.8 Å². The minimum Gasteiger partial charge on any atom is -0.476 e. The van der Waals surface area contributed by atoms with Gasteiger partial charge in [-0.15, -0.1) is 4.33 Å². The third-order valence-electron chi connectivity index (χ3n) is 6.11. The number of anilines is 2. The second-order valence-electron chi connectivity index (χ2n) is 8.39. The van der Waals surface area contributed by atoms with Crippen molar-refractivity contribution < 1.29 is 18.5 Å². The van der Waals surface area contributed by atoms with Gasteiger partial charge in [-0.2, -0.15) is 4.98 Å². The molecular formula is C20H29N7O4S. The fourth-order valence-electron chi connectivity index (χ4n) is 3.97. The number of hydrogen-bond donors (Lipinski definition) is 0. The highest BCUT2D eigenvalue weighted by Gasteiger charge is 2.30. The summed E-state index contributed by atoms with van der Waals surface area (Å²) in [4.78, 5) is 22.6. The molecule has 3 fully saturated rings. The second-order valence-corrected chi connectivity index (χ2v) is 9.19. The predicted octanol–water partition coefficient (Wildman–Crippen LogP) is 2.30. The fraction of sp³-hybridized carbons (Fsp3) is 0.700. The van der Waals surface area contributed by atoms with Crippen molar-refractivity contribution in [2.45, 2.75) is 31.6 Å². The number of ether oxygens (including phenoxy) is 1. The van der Waals surface area contributed by atoms with Crippen LogP contribution in [0.2, 0.25) is 0 Å². The van der Waals surface area contributed by atoms with Crippen LogP contribution in [0.15, 0.2) is 16.9 Å². The van der Waals surface area contributed by atoms with Crippen LogP contribution in [-0.4, -0.2) is 77.4 Å². The van der Waals surface area contributed by atoms with E-state index in [9.17, 15) is 0 Å². The Morgan fingerprint density at radius 1 is 1.00 bits per heavy atom. The average molecular weight is 464 g/mol. The monoisotopic (exact) mass is 463 g/mol. The van der Waals surface area contributed by atoms with Crippen LogP contribution in [0, 0.1) is 5.92 Å². The summed E-state index contributed by atoms with van der Waals surface area (Å²) >= 11 is 1.23. The SMILES string of the molecule is COOSN1CCN(c2cnc(OCC3CCN(c4nc(C5CC5)no4)CC3)cn2)CC1. The highest BCUT2D eigenvalue weighted by molar-refractivity contribution is 7.92. The van der Waals surface area contributed by atoms with Gasteiger partial charge in [-0.25, -0.2) is 19.2 Å². The molecule has 2 aromatic heterocycles. The Morgan fingerprint density at radius 3 is 2.50 bits per heavy atom. The Bertz CT molecular complexity index is 850. The summed E-state index contributed by atoms with van der Waals surface area (Å²) in [7, 11) is 1.51. The maximum Gasteiger partial charge on any atom is 0.324 e. The van der Waals surface area contributed by atoms with Crippen LogP contribution in [0.25, 0.3) is 0 Å². The van der Waals surface area contributed by atoms with Gasteiger partial charge < -0.3 is 19.1 Å². The first-order chi connectivity index (χ1) is 15.8. The molecule has 3 aliphatic rings. The Hall–Kier alpha value is -2.15. The minimum atomic E-state index is 0.485. The molecular weight excluding hydrogens is 434 g/mol. The predicted molar refractivity (Wildman–Crippen MR) is 118 cm³/mol. The largest absolute Gasteiger partial charge is 0.476 e. The van der Waals surface area contributed by atoms with E-state index in [-0.39, 0.29) is 0 Å². The van der Waals surface area contributed by atoms with Crippen molar-refractivity contribution in [3.8, 4) is 5.88 Å². The van der Waals surface area contributed by atoms with E-state index in [4.69, 9.17) is 13.6 Å². The molecule has 0 bridgehead atoms. The van der Waals surface area contributed by atoms with Gasteiger partial charge in [-0.3, -0.25) is 0 Å². The van der Waals surface area contributed by atoms with Crippen molar-refractivity contribution in [3.63, 3.8) is 0 Å². The van der Waals surface area contributed by atoms with Gasteiger partial charge in [0, 0.05) is 45.2 Å². The lowest BCUT2D eigenvalue weighted by Crippen LogP contribution is -2.43. The molecule has 5 rings (SSSR count). The van der Waals surface area contributed by atoms with Gasteiger partial charge in [0.25, 0.3) is 0 Å². The summed E-state index contributed by atoms with van der Waals surface area (Å²) in [5.41, 5.74) is 0. The lowest BCUT2D eigenvalue weighted by molar-refractivity contribution is -0.163. The molecule has 2 aromatic rings. The number of hydrogen-bond acceptors (Lipinski definition) is 12. The molecule has 12 heteroatoms. The second kappa shape index (κ2) is 10.2.